The van der Waals surface area contributed by atoms with Gasteiger partial charge in [-0.05, 0) is 41.8 Å². The molecule has 0 heterocycles. The van der Waals surface area contributed by atoms with E-state index in [9.17, 15) is 22.0 Å². The van der Waals surface area contributed by atoms with Crippen LogP contribution in [0, 0.1) is 11.6 Å². The summed E-state index contributed by atoms with van der Waals surface area (Å²) in [7, 11) is -3.15. The lowest BCUT2D eigenvalue weighted by molar-refractivity contribution is -0.142. The molecule has 1 atom stereocenters. The largest absolute Gasteiger partial charge is 0.468 e. The molecule has 2 aromatic carbocycles. The van der Waals surface area contributed by atoms with Crippen LogP contribution in [0.25, 0.3) is 0 Å². The second-order valence-electron chi connectivity index (χ2n) is 5.97. The molecule has 26 heavy (non-hydrogen) atoms. The molecule has 1 N–H and O–H groups in total. The van der Waals surface area contributed by atoms with Crippen molar-refractivity contribution < 1.29 is 26.7 Å². The number of sulfonamides is 1. The number of ether oxygens (including phenoxy) is 1. The molecule has 0 saturated heterocycles. The Balaban J connectivity index is 2.41. The maximum atomic E-state index is 14.0. The molecular weight excluding hydrogens is 364 g/mol. The van der Waals surface area contributed by atoms with Gasteiger partial charge in [0.15, 0.2) is 0 Å². The van der Waals surface area contributed by atoms with Crippen molar-refractivity contribution in [1.29, 1.82) is 0 Å². The monoisotopic (exact) mass is 383 g/mol. The number of rotatable bonds is 6. The molecule has 0 aliphatic heterocycles. The van der Waals surface area contributed by atoms with Crippen molar-refractivity contribution in [3.05, 3.63) is 65.2 Å². The van der Waals surface area contributed by atoms with Gasteiger partial charge in [-0.1, -0.05) is 26.0 Å². The summed E-state index contributed by atoms with van der Waals surface area (Å²) in [5.41, 5.74) is 0.476. The fraction of sp³-hybridized carbons (Fsp3) is 0.278. The SMILES string of the molecule is COC(=O)C(NS(=O)(=O)c1ccc(C(C)C)cc1)c1cc(F)ccc1F. The first-order valence-electron chi connectivity index (χ1n) is 7.80. The van der Waals surface area contributed by atoms with Gasteiger partial charge in [-0.3, -0.25) is 0 Å². The average molecular weight is 383 g/mol. The number of benzene rings is 2. The lowest BCUT2D eigenvalue weighted by atomic mass is 10.0. The van der Waals surface area contributed by atoms with Gasteiger partial charge in [-0.25, -0.2) is 22.0 Å². The second kappa shape index (κ2) is 7.92. The van der Waals surface area contributed by atoms with Gasteiger partial charge in [0.05, 0.1) is 12.0 Å². The summed E-state index contributed by atoms with van der Waals surface area (Å²) >= 11 is 0. The minimum absolute atomic E-state index is 0.104. The summed E-state index contributed by atoms with van der Waals surface area (Å²) in [6.07, 6.45) is 0. The fourth-order valence-electron chi connectivity index (χ4n) is 2.35. The van der Waals surface area contributed by atoms with E-state index in [0.29, 0.717) is 0 Å². The maximum Gasteiger partial charge on any atom is 0.328 e. The molecule has 0 bridgehead atoms. The van der Waals surface area contributed by atoms with E-state index in [1.807, 2.05) is 13.8 Å². The highest BCUT2D eigenvalue weighted by Gasteiger charge is 2.30. The van der Waals surface area contributed by atoms with Gasteiger partial charge in [0.25, 0.3) is 0 Å². The first-order chi connectivity index (χ1) is 12.2. The van der Waals surface area contributed by atoms with Gasteiger partial charge < -0.3 is 4.74 Å². The Kier molecular flexibility index (Phi) is 6.09. The van der Waals surface area contributed by atoms with Crippen molar-refractivity contribution in [3.8, 4) is 0 Å². The lowest BCUT2D eigenvalue weighted by Gasteiger charge is -2.18. The molecule has 2 rings (SSSR count). The number of hydrogen-bond donors (Lipinski definition) is 1. The highest BCUT2D eigenvalue weighted by Crippen LogP contribution is 2.23. The number of methoxy groups -OCH3 is 1. The normalized spacial score (nSPS) is 12.8. The summed E-state index contributed by atoms with van der Waals surface area (Å²) in [5.74, 6) is -2.59. The van der Waals surface area contributed by atoms with Gasteiger partial charge >= 0.3 is 5.97 Å². The van der Waals surface area contributed by atoms with Crippen molar-refractivity contribution in [3.63, 3.8) is 0 Å². The topological polar surface area (TPSA) is 72.5 Å². The van der Waals surface area contributed by atoms with Crippen LogP contribution in [-0.2, 0) is 19.6 Å². The molecule has 0 aliphatic carbocycles. The van der Waals surface area contributed by atoms with Crippen LogP contribution in [0.3, 0.4) is 0 Å². The Morgan fingerprint density at radius 3 is 2.23 bits per heavy atom. The molecule has 1 unspecified atom stereocenters. The van der Waals surface area contributed by atoms with E-state index >= 15 is 0 Å². The van der Waals surface area contributed by atoms with Crippen LogP contribution in [-0.4, -0.2) is 21.5 Å². The third-order valence-corrected chi connectivity index (χ3v) is 5.27. The second-order valence-corrected chi connectivity index (χ2v) is 7.68. The minimum atomic E-state index is -4.17. The summed E-state index contributed by atoms with van der Waals surface area (Å²) in [4.78, 5) is 11.9. The Hall–Kier alpha value is -2.32. The molecule has 0 aromatic heterocycles. The van der Waals surface area contributed by atoms with Gasteiger partial charge in [0.1, 0.15) is 17.7 Å². The predicted octanol–water partition coefficient (Wildman–Crippen LogP) is 3.28. The van der Waals surface area contributed by atoms with E-state index in [4.69, 9.17) is 0 Å². The van der Waals surface area contributed by atoms with E-state index in [1.165, 1.54) is 12.1 Å². The highest BCUT2D eigenvalue weighted by atomic mass is 32.2. The molecule has 0 aliphatic rings. The van der Waals surface area contributed by atoms with Crippen LogP contribution in [0.5, 0.6) is 0 Å². The van der Waals surface area contributed by atoms with E-state index in [-0.39, 0.29) is 10.8 Å². The summed E-state index contributed by atoms with van der Waals surface area (Å²) in [5, 5.41) is 0. The van der Waals surface area contributed by atoms with Gasteiger partial charge in [0.2, 0.25) is 10.0 Å². The third-order valence-electron chi connectivity index (χ3n) is 3.84. The van der Waals surface area contributed by atoms with Crippen molar-refractivity contribution in [1.82, 2.24) is 4.72 Å². The molecule has 8 heteroatoms. The van der Waals surface area contributed by atoms with Crippen LogP contribution in [0.1, 0.15) is 36.9 Å². The van der Waals surface area contributed by atoms with Gasteiger partial charge in [-0.15, -0.1) is 0 Å². The van der Waals surface area contributed by atoms with Gasteiger partial charge in [0, 0.05) is 5.56 Å². The maximum absolute atomic E-state index is 14.0. The zero-order valence-corrected chi connectivity index (χ0v) is 15.3. The van der Waals surface area contributed by atoms with Crippen LogP contribution in [0.4, 0.5) is 8.78 Å². The first kappa shape index (κ1) is 20.0. The molecule has 0 spiro atoms. The van der Waals surface area contributed by atoms with Crippen LogP contribution >= 0.6 is 0 Å². The third kappa shape index (κ3) is 4.44. The number of halogens is 2. The average Bonchev–Trinajstić information content (AvgIpc) is 2.61. The Labute approximate surface area is 151 Å². The molecule has 5 nitrogen and oxygen atoms in total. The number of hydrogen-bond acceptors (Lipinski definition) is 4. The van der Waals surface area contributed by atoms with E-state index < -0.39 is 39.2 Å². The lowest BCUT2D eigenvalue weighted by Crippen LogP contribution is -2.35. The molecular formula is C18H19F2NO4S. The number of esters is 1. The van der Waals surface area contributed by atoms with Crippen LogP contribution < -0.4 is 4.72 Å². The van der Waals surface area contributed by atoms with Gasteiger partial charge in [-0.2, -0.15) is 4.72 Å². The summed E-state index contributed by atoms with van der Waals surface area (Å²) in [6, 6.07) is 6.78. The Morgan fingerprint density at radius 2 is 1.69 bits per heavy atom. The molecule has 0 fully saturated rings. The van der Waals surface area contributed by atoms with Crippen molar-refractivity contribution in [2.75, 3.05) is 7.11 Å². The van der Waals surface area contributed by atoms with Crippen LogP contribution in [0.2, 0.25) is 0 Å². The number of nitrogens with one attached hydrogen (secondary N) is 1. The minimum Gasteiger partial charge on any atom is -0.468 e. The van der Waals surface area contributed by atoms with Crippen LogP contribution in [0.15, 0.2) is 47.4 Å². The fourth-order valence-corrected chi connectivity index (χ4v) is 3.51. The zero-order valence-electron chi connectivity index (χ0n) is 14.5. The molecule has 2 aromatic rings. The van der Waals surface area contributed by atoms with E-state index in [1.54, 1.807) is 12.1 Å². The van der Waals surface area contributed by atoms with Crippen molar-refractivity contribution >= 4 is 16.0 Å². The summed E-state index contributed by atoms with van der Waals surface area (Å²) < 4.78 is 59.3. The molecule has 140 valence electrons. The summed E-state index contributed by atoms with van der Waals surface area (Å²) in [6.45, 7) is 3.92. The predicted molar refractivity (Wildman–Crippen MR) is 92.0 cm³/mol. The van der Waals surface area contributed by atoms with E-state index in [2.05, 4.69) is 9.46 Å². The molecule has 0 saturated carbocycles. The highest BCUT2D eigenvalue weighted by molar-refractivity contribution is 7.89. The Morgan fingerprint density at radius 1 is 1.08 bits per heavy atom. The first-order valence-corrected chi connectivity index (χ1v) is 9.29. The number of carbonyl (C=O) groups is 1. The smallest absolute Gasteiger partial charge is 0.328 e. The standard InChI is InChI=1S/C18H19F2NO4S/c1-11(2)12-4-7-14(8-5-12)26(23,24)21-17(18(22)25-3)15-10-13(19)6-9-16(15)20/h4-11,17,21H,1-3H3. The molecule has 0 amide bonds. The zero-order chi connectivity index (χ0) is 19.5. The molecule has 0 radical (unpaired) electrons. The Bertz CT molecular complexity index is 896. The number of carbonyl (C=O) groups excluding carboxylic acids is 1. The quantitative estimate of drug-likeness (QED) is 0.777. The van der Waals surface area contributed by atoms with Crippen molar-refractivity contribution in [2.45, 2.75) is 30.7 Å². The van der Waals surface area contributed by atoms with E-state index in [0.717, 1.165) is 30.9 Å². The van der Waals surface area contributed by atoms with Crippen molar-refractivity contribution in [2.24, 2.45) is 0 Å².